The van der Waals surface area contributed by atoms with Gasteiger partial charge in [-0.1, -0.05) is 24.3 Å². The Morgan fingerprint density at radius 3 is 2.11 bits per heavy atom. The van der Waals surface area contributed by atoms with Crippen molar-refractivity contribution in [3.05, 3.63) is 88.5 Å². The van der Waals surface area contributed by atoms with Gasteiger partial charge in [0.15, 0.2) is 0 Å². The number of hydrogen-bond acceptors (Lipinski definition) is 4. The van der Waals surface area contributed by atoms with Crippen LogP contribution in [0.15, 0.2) is 65.6 Å². The van der Waals surface area contributed by atoms with Gasteiger partial charge in [0.25, 0.3) is 21.8 Å². The minimum Gasteiger partial charge on any atom is -0.339 e. The Morgan fingerprint density at radius 2 is 1.49 bits per heavy atom. The maximum atomic E-state index is 13.2. The fourth-order valence-corrected chi connectivity index (χ4v) is 5.24. The third-order valence-corrected chi connectivity index (χ3v) is 7.19. The maximum absolute atomic E-state index is 13.2. The van der Waals surface area contributed by atoms with Crippen LogP contribution in [0.1, 0.15) is 51.3 Å². The summed E-state index contributed by atoms with van der Waals surface area (Å²) in [4.78, 5) is 27.6. The summed E-state index contributed by atoms with van der Waals surface area (Å²) in [7, 11) is -3.94. The lowest BCUT2D eigenvalue weighted by Crippen LogP contribution is -2.31. The number of nitrogens with zero attached hydrogens (tertiary/aromatic N) is 1. The van der Waals surface area contributed by atoms with E-state index in [0.717, 1.165) is 11.1 Å². The summed E-state index contributed by atoms with van der Waals surface area (Å²) in [6.45, 7) is 10.3. The van der Waals surface area contributed by atoms with Crippen LogP contribution in [0.5, 0.6) is 0 Å². The van der Waals surface area contributed by atoms with Crippen LogP contribution in [-0.2, 0) is 10.0 Å². The smallest absolute Gasteiger partial charge is 0.262 e. The maximum Gasteiger partial charge on any atom is 0.262 e. The van der Waals surface area contributed by atoms with Crippen LogP contribution in [-0.4, -0.2) is 38.2 Å². The van der Waals surface area contributed by atoms with Crippen molar-refractivity contribution in [3.63, 3.8) is 0 Å². The number of carbonyl (C=O) groups excluding carboxylic acids is 2. The molecule has 0 bridgehead atoms. The van der Waals surface area contributed by atoms with E-state index < -0.39 is 15.9 Å². The SMILES string of the molecule is CCN(CC)C(=O)c1ccccc1NC(=O)c1ccc(C)c(S(=O)(=O)Nc2cc(C)cc(C)c2)c1. The highest BCUT2D eigenvalue weighted by Crippen LogP contribution is 2.24. The average Bonchev–Trinajstić information content (AvgIpc) is 2.79. The van der Waals surface area contributed by atoms with Gasteiger partial charge in [-0.15, -0.1) is 0 Å². The lowest BCUT2D eigenvalue weighted by atomic mass is 10.1. The van der Waals surface area contributed by atoms with E-state index in [2.05, 4.69) is 10.0 Å². The molecule has 0 heterocycles. The molecule has 0 aromatic heterocycles. The molecule has 2 amide bonds. The van der Waals surface area contributed by atoms with E-state index in [1.54, 1.807) is 60.4 Å². The van der Waals surface area contributed by atoms with Crippen molar-refractivity contribution in [2.24, 2.45) is 0 Å². The number of benzene rings is 3. The zero-order valence-electron chi connectivity index (χ0n) is 20.7. The molecule has 3 rings (SSSR count). The molecular weight excluding hydrogens is 462 g/mol. The van der Waals surface area contributed by atoms with Gasteiger partial charge in [-0.2, -0.15) is 0 Å². The largest absolute Gasteiger partial charge is 0.339 e. The van der Waals surface area contributed by atoms with Gasteiger partial charge in [-0.05, 0) is 87.7 Å². The Kier molecular flexibility index (Phi) is 7.96. The summed E-state index contributed by atoms with van der Waals surface area (Å²) in [5.74, 6) is -0.691. The zero-order valence-corrected chi connectivity index (χ0v) is 21.5. The number of rotatable bonds is 8. The first-order valence-corrected chi connectivity index (χ1v) is 13.0. The predicted octanol–water partition coefficient (Wildman–Crippen LogP) is 5.15. The Bertz CT molecular complexity index is 1340. The average molecular weight is 494 g/mol. The van der Waals surface area contributed by atoms with E-state index in [1.807, 2.05) is 33.8 Å². The number of amides is 2. The Labute approximate surface area is 207 Å². The van der Waals surface area contributed by atoms with Crippen LogP contribution in [0.4, 0.5) is 11.4 Å². The highest BCUT2D eigenvalue weighted by Gasteiger charge is 2.21. The highest BCUT2D eigenvalue weighted by atomic mass is 32.2. The summed E-state index contributed by atoms with van der Waals surface area (Å²) in [6, 6.07) is 16.8. The molecule has 0 aliphatic carbocycles. The molecule has 35 heavy (non-hydrogen) atoms. The summed E-state index contributed by atoms with van der Waals surface area (Å²) >= 11 is 0. The quantitative estimate of drug-likeness (QED) is 0.454. The molecule has 2 N–H and O–H groups in total. The number of para-hydroxylation sites is 1. The molecule has 0 radical (unpaired) electrons. The molecule has 7 nitrogen and oxygen atoms in total. The lowest BCUT2D eigenvalue weighted by Gasteiger charge is -2.20. The minimum atomic E-state index is -3.94. The molecule has 184 valence electrons. The fourth-order valence-electron chi connectivity index (χ4n) is 3.93. The van der Waals surface area contributed by atoms with E-state index in [-0.39, 0.29) is 16.4 Å². The van der Waals surface area contributed by atoms with Gasteiger partial charge >= 0.3 is 0 Å². The minimum absolute atomic E-state index is 0.0109. The summed E-state index contributed by atoms with van der Waals surface area (Å²) in [6.07, 6.45) is 0. The molecule has 3 aromatic rings. The molecule has 0 spiro atoms. The van der Waals surface area contributed by atoms with Crippen molar-refractivity contribution in [2.75, 3.05) is 23.1 Å². The monoisotopic (exact) mass is 493 g/mol. The molecule has 0 atom stereocenters. The van der Waals surface area contributed by atoms with Gasteiger partial charge in [-0.3, -0.25) is 14.3 Å². The van der Waals surface area contributed by atoms with Crippen molar-refractivity contribution >= 4 is 33.2 Å². The first-order chi connectivity index (χ1) is 16.6. The van der Waals surface area contributed by atoms with Gasteiger partial charge < -0.3 is 10.2 Å². The highest BCUT2D eigenvalue weighted by molar-refractivity contribution is 7.92. The molecule has 0 unspecified atom stereocenters. The molecular formula is C27H31N3O4S. The third-order valence-electron chi connectivity index (χ3n) is 5.67. The normalized spacial score (nSPS) is 11.1. The van der Waals surface area contributed by atoms with E-state index in [1.165, 1.54) is 6.07 Å². The van der Waals surface area contributed by atoms with Crippen molar-refractivity contribution in [1.29, 1.82) is 0 Å². The lowest BCUT2D eigenvalue weighted by molar-refractivity contribution is 0.0774. The molecule has 0 fully saturated rings. The van der Waals surface area contributed by atoms with Gasteiger partial charge in [0.05, 0.1) is 16.1 Å². The van der Waals surface area contributed by atoms with Gasteiger partial charge in [0.2, 0.25) is 0 Å². The van der Waals surface area contributed by atoms with Crippen LogP contribution in [0, 0.1) is 20.8 Å². The van der Waals surface area contributed by atoms with Gasteiger partial charge in [-0.25, -0.2) is 8.42 Å². The second-order valence-corrected chi connectivity index (χ2v) is 10.1. The van der Waals surface area contributed by atoms with Gasteiger partial charge in [0.1, 0.15) is 0 Å². The number of aryl methyl sites for hydroxylation is 3. The molecule has 0 saturated carbocycles. The number of anilines is 2. The second-order valence-electron chi connectivity index (χ2n) is 8.44. The number of carbonyl (C=O) groups is 2. The van der Waals surface area contributed by atoms with Gasteiger partial charge in [0, 0.05) is 24.3 Å². The fraction of sp³-hybridized carbons (Fsp3) is 0.259. The van der Waals surface area contributed by atoms with Crippen LogP contribution in [0.25, 0.3) is 0 Å². The molecule has 0 aliphatic rings. The number of nitrogens with one attached hydrogen (secondary N) is 2. The number of sulfonamides is 1. The molecule has 3 aromatic carbocycles. The first-order valence-electron chi connectivity index (χ1n) is 11.5. The van der Waals surface area contributed by atoms with Crippen LogP contribution < -0.4 is 10.0 Å². The molecule has 0 saturated heterocycles. The molecule has 0 aliphatic heterocycles. The first kappa shape index (κ1) is 26.0. The van der Waals surface area contributed by atoms with E-state index in [9.17, 15) is 18.0 Å². The van der Waals surface area contributed by atoms with Crippen molar-refractivity contribution < 1.29 is 18.0 Å². The van der Waals surface area contributed by atoms with Crippen molar-refractivity contribution in [2.45, 2.75) is 39.5 Å². The molecule has 8 heteroatoms. The predicted molar refractivity (Wildman–Crippen MR) is 140 cm³/mol. The summed E-state index contributed by atoms with van der Waals surface area (Å²) < 4.78 is 29.0. The third kappa shape index (κ3) is 6.08. The Balaban J connectivity index is 1.90. The Hall–Kier alpha value is -3.65. The van der Waals surface area contributed by atoms with Crippen molar-refractivity contribution in [3.8, 4) is 0 Å². The standard InChI is InChI=1S/C27H31N3O4S/c1-6-30(7-2)27(32)23-10-8-9-11-24(23)28-26(31)21-13-12-20(5)25(17-21)35(33,34)29-22-15-18(3)14-19(4)16-22/h8-17,29H,6-7H2,1-5H3,(H,28,31). The van der Waals surface area contributed by atoms with E-state index >= 15 is 0 Å². The van der Waals surface area contributed by atoms with Crippen LogP contribution in [0.3, 0.4) is 0 Å². The topological polar surface area (TPSA) is 95.6 Å². The summed E-state index contributed by atoms with van der Waals surface area (Å²) in [5.41, 5.74) is 3.75. The van der Waals surface area contributed by atoms with Crippen LogP contribution >= 0.6 is 0 Å². The zero-order chi connectivity index (χ0) is 25.8. The Morgan fingerprint density at radius 1 is 0.857 bits per heavy atom. The summed E-state index contributed by atoms with van der Waals surface area (Å²) in [5, 5.41) is 2.77. The van der Waals surface area contributed by atoms with E-state index in [4.69, 9.17) is 0 Å². The van der Waals surface area contributed by atoms with E-state index in [0.29, 0.717) is 35.6 Å². The number of hydrogen-bond donors (Lipinski definition) is 2. The second kappa shape index (κ2) is 10.7. The van der Waals surface area contributed by atoms with Crippen molar-refractivity contribution in [1.82, 2.24) is 4.90 Å². The van der Waals surface area contributed by atoms with Crippen LogP contribution in [0.2, 0.25) is 0 Å².